The number of hydrogen-bond donors (Lipinski definition) is 0. The Morgan fingerprint density at radius 2 is 1.90 bits per heavy atom. The number of hydrogen-bond acceptors (Lipinski definition) is 6. The zero-order valence-electron chi connectivity index (χ0n) is 22.8. The SMILES string of the molecule is CC#CC(CC(=O)OCC)c1ccc(OCc2cc(-c3cccc(CC#N)c3)c3nc(C(C)C)nn3c2)cc1. The van der Waals surface area contributed by atoms with E-state index in [1.165, 1.54) is 0 Å². The van der Waals surface area contributed by atoms with Crippen molar-refractivity contribution < 1.29 is 14.3 Å². The first-order chi connectivity index (χ1) is 18.9. The van der Waals surface area contributed by atoms with Gasteiger partial charge in [-0.1, -0.05) is 50.1 Å². The van der Waals surface area contributed by atoms with Crippen molar-refractivity contribution in [3.63, 3.8) is 0 Å². The average Bonchev–Trinajstić information content (AvgIpc) is 3.37. The molecule has 0 N–H and O–H groups in total. The Kier molecular flexibility index (Phi) is 8.97. The number of nitriles is 1. The van der Waals surface area contributed by atoms with E-state index in [-0.39, 0.29) is 24.2 Å². The molecule has 7 heteroatoms. The molecule has 39 heavy (non-hydrogen) atoms. The molecule has 0 aliphatic heterocycles. The normalized spacial score (nSPS) is 11.5. The van der Waals surface area contributed by atoms with E-state index in [1.807, 2.05) is 59.2 Å². The summed E-state index contributed by atoms with van der Waals surface area (Å²) in [6.45, 7) is 8.38. The summed E-state index contributed by atoms with van der Waals surface area (Å²) >= 11 is 0. The fourth-order valence-corrected chi connectivity index (χ4v) is 4.31. The molecule has 0 saturated carbocycles. The van der Waals surface area contributed by atoms with Crippen molar-refractivity contribution in [1.82, 2.24) is 14.6 Å². The van der Waals surface area contributed by atoms with Gasteiger partial charge in [0, 0.05) is 23.2 Å². The number of rotatable bonds is 10. The molecule has 7 nitrogen and oxygen atoms in total. The van der Waals surface area contributed by atoms with Crippen molar-refractivity contribution in [2.45, 2.75) is 59.0 Å². The average molecular weight is 521 g/mol. The number of nitrogens with zero attached hydrogens (tertiary/aromatic N) is 4. The molecule has 1 atom stereocenters. The summed E-state index contributed by atoms with van der Waals surface area (Å²) in [5.74, 6) is 7.18. The first kappa shape index (κ1) is 27.4. The Balaban J connectivity index is 1.59. The summed E-state index contributed by atoms with van der Waals surface area (Å²) in [6.07, 6.45) is 2.50. The standard InChI is InChI=1S/C32H32N4O3/c1-5-8-26(19-30(37)38-6-2)25-11-13-28(14-12-25)39-21-24-18-29(27-10-7-9-23(17-27)15-16-33)32-34-31(22(3)4)35-36(32)20-24/h7,9-14,17-18,20,22,26H,6,15,19,21H2,1-4H3. The molecule has 0 saturated heterocycles. The van der Waals surface area contributed by atoms with Crippen molar-refractivity contribution in [2.24, 2.45) is 0 Å². The summed E-state index contributed by atoms with van der Waals surface area (Å²) in [6, 6.07) is 19.9. The van der Waals surface area contributed by atoms with Crippen LogP contribution >= 0.6 is 0 Å². The van der Waals surface area contributed by atoms with Crippen LogP contribution in [0.5, 0.6) is 5.75 Å². The molecule has 0 amide bonds. The molecule has 0 radical (unpaired) electrons. The van der Waals surface area contributed by atoms with Crippen molar-refractivity contribution in [3.05, 3.63) is 83.3 Å². The minimum Gasteiger partial charge on any atom is -0.489 e. The van der Waals surface area contributed by atoms with Crippen molar-refractivity contribution in [3.8, 4) is 34.8 Å². The van der Waals surface area contributed by atoms with Gasteiger partial charge in [0.15, 0.2) is 11.5 Å². The Morgan fingerprint density at radius 3 is 2.59 bits per heavy atom. The molecular weight excluding hydrogens is 488 g/mol. The van der Waals surface area contributed by atoms with E-state index in [4.69, 9.17) is 24.8 Å². The van der Waals surface area contributed by atoms with Crippen LogP contribution < -0.4 is 4.74 Å². The lowest BCUT2D eigenvalue weighted by atomic mass is 9.96. The number of aromatic nitrogens is 3. The molecule has 0 aliphatic rings. The largest absolute Gasteiger partial charge is 0.489 e. The highest BCUT2D eigenvalue weighted by atomic mass is 16.5. The van der Waals surface area contributed by atoms with Crippen LogP contribution in [0.15, 0.2) is 60.8 Å². The van der Waals surface area contributed by atoms with Crippen LogP contribution in [0.25, 0.3) is 16.8 Å². The lowest BCUT2D eigenvalue weighted by Crippen LogP contribution is -2.09. The highest BCUT2D eigenvalue weighted by molar-refractivity contribution is 5.78. The van der Waals surface area contributed by atoms with Gasteiger partial charge in [-0.2, -0.15) is 10.4 Å². The van der Waals surface area contributed by atoms with Crippen molar-refractivity contribution >= 4 is 11.6 Å². The lowest BCUT2D eigenvalue weighted by molar-refractivity contribution is -0.143. The van der Waals surface area contributed by atoms with Crippen LogP contribution in [-0.2, 0) is 22.6 Å². The first-order valence-electron chi connectivity index (χ1n) is 13.1. The lowest BCUT2D eigenvalue weighted by Gasteiger charge is -2.13. The van der Waals surface area contributed by atoms with Crippen LogP contribution in [0.1, 0.15) is 68.5 Å². The minimum atomic E-state index is -0.260. The Labute approximate surface area is 229 Å². The number of ether oxygens (including phenoxy) is 2. The molecule has 2 aromatic carbocycles. The summed E-state index contributed by atoms with van der Waals surface area (Å²) in [4.78, 5) is 16.8. The Hall–Kier alpha value is -4.62. The predicted molar refractivity (Wildman–Crippen MR) is 150 cm³/mol. The van der Waals surface area contributed by atoms with Crippen LogP contribution in [0, 0.1) is 23.2 Å². The summed E-state index contributed by atoms with van der Waals surface area (Å²) in [5.41, 5.74) is 5.51. The highest BCUT2D eigenvalue weighted by Gasteiger charge is 2.16. The summed E-state index contributed by atoms with van der Waals surface area (Å²) in [5, 5.41) is 13.9. The molecule has 1 unspecified atom stereocenters. The monoisotopic (exact) mass is 520 g/mol. The van der Waals surface area contributed by atoms with Gasteiger partial charge in [0.05, 0.1) is 31.4 Å². The third-order valence-electron chi connectivity index (χ3n) is 6.23. The van der Waals surface area contributed by atoms with Gasteiger partial charge in [-0.15, -0.1) is 5.92 Å². The second-order valence-corrected chi connectivity index (χ2v) is 9.50. The predicted octanol–water partition coefficient (Wildman–Crippen LogP) is 6.22. The van der Waals surface area contributed by atoms with Crippen LogP contribution in [0.4, 0.5) is 0 Å². The number of carbonyl (C=O) groups excluding carboxylic acids is 1. The molecule has 0 aliphatic carbocycles. The quantitative estimate of drug-likeness (QED) is 0.182. The maximum atomic E-state index is 12.0. The summed E-state index contributed by atoms with van der Waals surface area (Å²) in [7, 11) is 0. The van der Waals surface area contributed by atoms with Crippen LogP contribution in [0.2, 0.25) is 0 Å². The van der Waals surface area contributed by atoms with Crippen molar-refractivity contribution in [2.75, 3.05) is 6.61 Å². The number of pyridine rings is 1. The maximum Gasteiger partial charge on any atom is 0.307 e. The van der Waals surface area contributed by atoms with Gasteiger partial charge >= 0.3 is 5.97 Å². The first-order valence-corrected chi connectivity index (χ1v) is 13.1. The third kappa shape index (κ3) is 6.83. The number of esters is 1. The fraction of sp³-hybridized carbons (Fsp3) is 0.312. The van der Waals surface area contributed by atoms with Gasteiger partial charge in [0.25, 0.3) is 0 Å². The molecular formula is C32H32N4O3. The zero-order chi connectivity index (χ0) is 27.8. The van der Waals surface area contributed by atoms with E-state index in [1.54, 1.807) is 13.8 Å². The van der Waals surface area contributed by atoms with Crippen LogP contribution in [0.3, 0.4) is 0 Å². The van der Waals surface area contributed by atoms with E-state index in [9.17, 15) is 4.79 Å². The molecule has 0 spiro atoms. The molecule has 4 aromatic rings. The molecule has 0 fully saturated rings. The smallest absolute Gasteiger partial charge is 0.307 e. The molecule has 0 bridgehead atoms. The van der Waals surface area contributed by atoms with Crippen LogP contribution in [-0.4, -0.2) is 27.2 Å². The summed E-state index contributed by atoms with van der Waals surface area (Å²) < 4.78 is 13.0. The van der Waals surface area contributed by atoms with Gasteiger partial charge < -0.3 is 9.47 Å². The highest BCUT2D eigenvalue weighted by Crippen LogP contribution is 2.28. The number of benzene rings is 2. The van der Waals surface area contributed by atoms with E-state index in [0.29, 0.717) is 25.4 Å². The Morgan fingerprint density at radius 1 is 1.10 bits per heavy atom. The molecule has 4 rings (SSSR count). The third-order valence-corrected chi connectivity index (χ3v) is 6.23. The molecule has 2 heterocycles. The van der Waals surface area contributed by atoms with Gasteiger partial charge in [0.2, 0.25) is 0 Å². The zero-order valence-corrected chi connectivity index (χ0v) is 22.8. The molecule has 2 aromatic heterocycles. The second kappa shape index (κ2) is 12.8. The second-order valence-electron chi connectivity index (χ2n) is 9.50. The topological polar surface area (TPSA) is 89.5 Å². The van der Waals surface area contributed by atoms with Gasteiger partial charge in [-0.3, -0.25) is 4.79 Å². The minimum absolute atomic E-state index is 0.186. The van der Waals surface area contributed by atoms with E-state index < -0.39 is 0 Å². The van der Waals surface area contributed by atoms with E-state index >= 15 is 0 Å². The van der Waals surface area contributed by atoms with Crippen molar-refractivity contribution in [1.29, 1.82) is 5.26 Å². The Bertz CT molecular complexity index is 1550. The maximum absolute atomic E-state index is 12.0. The number of fused-ring (bicyclic) bond motifs is 1. The van der Waals surface area contributed by atoms with Gasteiger partial charge in [0.1, 0.15) is 12.4 Å². The number of carbonyl (C=O) groups is 1. The molecule has 198 valence electrons. The van der Waals surface area contributed by atoms with E-state index in [2.05, 4.69) is 37.8 Å². The van der Waals surface area contributed by atoms with Gasteiger partial charge in [-0.25, -0.2) is 9.50 Å². The van der Waals surface area contributed by atoms with E-state index in [0.717, 1.165) is 39.3 Å². The van der Waals surface area contributed by atoms with Gasteiger partial charge in [-0.05, 0) is 54.8 Å². The fourth-order valence-electron chi connectivity index (χ4n) is 4.31.